The SMILES string of the molecule is Cc1nn2c(N3CCOCC3)cc(Nc3cn(C)cn3)nc2c1Cc1ccc(O)cc1. The fourth-order valence-corrected chi connectivity index (χ4v) is 3.87. The summed E-state index contributed by atoms with van der Waals surface area (Å²) in [4.78, 5) is 11.5. The smallest absolute Gasteiger partial charge is 0.163 e. The molecule has 3 aromatic heterocycles. The molecule has 0 radical (unpaired) electrons. The number of imidazole rings is 1. The van der Waals surface area contributed by atoms with Gasteiger partial charge in [-0.15, -0.1) is 0 Å². The fourth-order valence-electron chi connectivity index (χ4n) is 3.87. The maximum Gasteiger partial charge on any atom is 0.163 e. The lowest BCUT2D eigenvalue weighted by Crippen LogP contribution is -2.37. The molecule has 0 unspecified atom stereocenters. The zero-order valence-corrected chi connectivity index (χ0v) is 17.6. The van der Waals surface area contributed by atoms with E-state index in [0.717, 1.165) is 53.0 Å². The minimum absolute atomic E-state index is 0.259. The molecule has 31 heavy (non-hydrogen) atoms. The number of nitrogens with zero attached hydrogens (tertiary/aromatic N) is 6. The topological polar surface area (TPSA) is 92.7 Å². The van der Waals surface area contributed by atoms with Crippen molar-refractivity contribution in [3.8, 4) is 5.75 Å². The molecule has 0 amide bonds. The molecule has 5 rings (SSSR count). The number of phenols is 1. The highest BCUT2D eigenvalue weighted by Crippen LogP contribution is 2.28. The van der Waals surface area contributed by atoms with Crippen LogP contribution in [0.4, 0.5) is 17.5 Å². The first kappa shape index (κ1) is 19.4. The Balaban J connectivity index is 1.60. The van der Waals surface area contributed by atoms with Crippen molar-refractivity contribution in [1.82, 2.24) is 24.1 Å². The summed E-state index contributed by atoms with van der Waals surface area (Å²) in [5.74, 6) is 2.70. The van der Waals surface area contributed by atoms with Crippen LogP contribution in [0.3, 0.4) is 0 Å². The Morgan fingerprint density at radius 2 is 1.90 bits per heavy atom. The molecule has 0 spiro atoms. The molecule has 1 fully saturated rings. The highest BCUT2D eigenvalue weighted by Gasteiger charge is 2.21. The monoisotopic (exact) mass is 419 g/mol. The van der Waals surface area contributed by atoms with Gasteiger partial charge >= 0.3 is 0 Å². The number of rotatable bonds is 5. The van der Waals surface area contributed by atoms with E-state index in [9.17, 15) is 5.11 Å². The number of aromatic nitrogens is 5. The molecule has 9 heteroatoms. The Morgan fingerprint density at radius 1 is 1.13 bits per heavy atom. The average molecular weight is 419 g/mol. The normalized spacial score (nSPS) is 14.3. The van der Waals surface area contributed by atoms with Gasteiger partial charge in [-0.25, -0.2) is 9.97 Å². The van der Waals surface area contributed by atoms with E-state index in [-0.39, 0.29) is 5.75 Å². The second kappa shape index (κ2) is 7.92. The number of aryl methyl sites for hydroxylation is 2. The summed E-state index contributed by atoms with van der Waals surface area (Å²) in [6.45, 7) is 4.99. The lowest BCUT2D eigenvalue weighted by molar-refractivity contribution is 0.122. The lowest BCUT2D eigenvalue weighted by atomic mass is 10.1. The van der Waals surface area contributed by atoms with Gasteiger partial charge in [-0.05, 0) is 24.6 Å². The van der Waals surface area contributed by atoms with Gasteiger partial charge in [0.1, 0.15) is 23.2 Å². The summed E-state index contributed by atoms with van der Waals surface area (Å²) in [5, 5.41) is 17.8. The third kappa shape index (κ3) is 3.91. The molecule has 4 heterocycles. The lowest BCUT2D eigenvalue weighted by Gasteiger charge is -2.29. The number of aromatic hydroxyl groups is 1. The summed E-state index contributed by atoms with van der Waals surface area (Å²) >= 11 is 0. The summed E-state index contributed by atoms with van der Waals surface area (Å²) < 4.78 is 9.37. The van der Waals surface area contributed by atoms with Gasteiger partial charge in [0.25, 0.3) is 0 Å². The molecular formula is C22H25N7O2. The Morgan fingerprint density at radius 3 is 2.61 bits per heavy atom. The Kier molecular flexibility index (Phi) is 4.95. The van der Waals surface area contributed by atoms with Crippen molar-refractivity contribution < 1.29 is 9.84 Å². The van der Waals surface area contributed by atoms with Crippen LogP contribution in [0.15, 0.2) is 42.9 Å². The van der Waals surface area contributed by atoms with Crippen LogP contribution >= 0.6 is 0 Å². The summed E-state index contributed by atoms with van der Waals surface area (Å²) in [5.41, 5.74) is 3.90. The van der Waals surface area contributed by atoms with Gasteiger partial charge in [-0.2, -0.15) is 9.61 Å². The van der Waals surface area contributed by atoms with Crippen LogP contribution < -0.4 is 10.2 Å². The molecule has 1 saturated heterocycles. The molecule has 9 nitrogen and oxygen atoms in total. The second-order valence-corrected chi connectivity index (χ2v) is 7.79. The predicted octanol–water partition coefficient (Wildman–Crippen LogP) is 2.65. The van der Waals surface area contributed by atoms with Crippen LogP contribution in [0.25, 0.3) is 5.65 Å². The van der Waals surface area contributed by atoms with Crippen molar-refractivity contribution in [3.63, 3.8) is 0 Å². The van der Waals surface area contributed by atoms with Crippen LogP contribution in [0, 0.1) is 6.92 Å². The van der Waals surface area contributed by atoms with Crippen molar-refractivity contribution in [3.05, 3.63) is 59.7 Å². The molecule has 0 aliphatic carbocycles. The first-order valence-electron chi connectivity index (χ1n) is 10.3. The molecule has 1 aliphatic rings. The van der Waals surface area contributed by atoms with Crippen molar-refractivity contribution in [1.29, 1.82) is 0 Å². The minimum Gasteiger partial charge on any atom is -0.508 e. The number of hydrogen-bond donors (Lipinski definition) is 2. The number of phenolic OH excluding ortho intramolecular Hbond substituents is 1. The largest absolute Gasteiger partial charge is 0.508 e. The molecule has 1 aromatic carbocycles. The Bertz CT molecular complexity index is 1210. The van der Waals surface area contributed by atoms with Crippen LogP contribution in [0.1, 0.15) is 16.8 Å². The third-order valence-corrected chi connectivity index (χ3v) is 5.48. The molecule has 2 N–H and O–H groups in total. The van der Waals surface area contributed by atoms with Crippen molar-refractivity contribution in [2.75, 3.05) is 36.5 Å². The molecule has 4 aromatic rings. The highest BCUT2D eigenvalue weighted by atomic mass is 16.5. The summed E-state index contributed by atoms with van der Waals surface area (Å²) in [6, 6.07) is 9.28. The Hall–Kier alpha value is -3.59. The number of anilines is 3. The highest BCUT2D eigenvalue weighted by molar-refractivity contribution is 5.66. The van der Waals surface area contributed by atoms with E-state index < -0.39 is 0 Å². The number of benzene rings is 1. The van der Waals surface area contributed by atoms with E-state index in [0.29, 0.717) is 19.6 Å². The van der Waals surface area contributed by atoms with E-state index >= 15 is 0 Å². The maximum absolute atomic E-state index is 9.61. The molecule has 0 atom stereocenters. The molecular weight excluding hydrogens is 394 g/mol. The zero-order chi connectivity index (χ0) is 21.4. The van der Waals surface area contributed by atoms with Gasteiger partial charge in [0.15, 0.2) is 5.65 Å². The number of ether oxygens (including phenoxy) is 1. The van der Waals surface area contributed by atoms with Crippen LogP contribution in [0.2, 0.25) is 0 Å². The summed E-state index contributed by atoms with van der Waals surface area (Å²) in [6.07, 6.45) is 4.35. The molecule has 1 aliphatic heterocycles. The molecule has 0 bridgehead atoms. The number of morpholine rings is 1. The van der Waals surface area contributed by atoms with Crippen molar-refractivity contribution in [2.45, 2.75) is 13.3 Å². The van der Waals surface area contributed by atoms with Gasteiger partial charge in [-0.1, -0.05) is 12.1 Å². The number of nitrogens with one attached hydrogen (secondary N) is 1. The van der Waals surface area contributed by atoms with E-state index in [1.54, 1.807) is 18.5 Å². The van der Waals surface area contributed by atoms with Gasteiger partial charge in [0.05, 0.1) is 25.2 Å². The van der Waals surface area contributed by atoms with Crippen molar-refractivity contribution in [2.24, 2.45) is 7.05 Å². The van der Waals surface area contributed by atoms with Crippen LogP contribution in [-0.4, -0.2) is 55.6 Å². The minimum atomic E-state index is 0.259. The first-order chi connectivity index (χ1) is 15.1. The van der Waals surface area contributed by atoms with E-state index in [1.165, 1.54) is 0 Å². The average Bonchev–Trinajstić information content (AvgIpc) is 3.32. The van der Waals surface area contributed by atoms with Gasteiger partial charge in [-0.3, -0.25) is 0 Å². The van der Waals surface area contributed by atoms with Gasteiger partial charge < -0.3 is 24.6 Å². The molecule has 160 valence electrons. The van der Waals surface area contributed by atoms with E-state index in [1.807, 2.05) is 47.4 Å². The quantitative estimate of drug-likeness (QED) is 0.514. The van der Waals surface area contributed by atoms with E-state index in [2.05, 4.69) is 15.2 Å². The van der Waals surface area contributed by atoms with Gasteiger partial charge in [0, 0.05) is 44.4 Å². The zero-order valence-electron chi connectivity index (χ0n) is 17.6. The molecule has 0 saturated carbocycles. The first-order valence-corrected chi connectivity index (χ1v) is 10.3. The Labute approximate surface area is 179 Å². The van der Waals surface area contributed by atoms with Gasteiger partial charge in [0.2, 0.25) is 0 Å². The van der Waals surface area contributed by atoms with Crippen molar-refractivity contribution >= 4 is 23.1 Å². The second-order valence-electron chi connectivity index (χ2n) is 7.79. The number of hydrogen-bond acceptors (Lipinski definition) is 7. The standard InChI is InChI=1S/C22H25N7O2/c1-15-18(11-16-3-5-17(30)6-4-16)22-25-19(24-20-13-27(2)14-23-20)12-21(29(22)26-15)28-7-9-31-10-8-28/h3-6,12-14,30H,7-11H2,1-2H3,(H,24,25). The maximum atomic E-state index is 9.61. The van der Waals surface area contributed by atoms with Crippen LogP contribution in [0.5, 0.6) is 5.75 Å². The van der Waals surface area contributed by atoms with E-state index in [4.69, 9.17) is 14.8 Å². The third-order valence-electron chi connectivity index (χ3n) is 5.48. The predicted molar refractivity (Wildman–Crippen MR) is 118 cm³/mol. The number of fused-ring (bicyclic) bond motifs is 1. The van der Waals surface area contributed by atoms with Crippen LogP contribution in [-0.2, 0) is 18.2 Å². The summed E-state index contributed by atoms with van der Waals surface area (Å²) in [7, 11) is 1.93. The fraction of sp³-hybridized carbons (Fsp3) is 0.318.